The van der Waals surface area contributed by atoms with E-state index >= 15 is 0 Å². The highest BCUT2D eigenvalue weighted by Gasteiger charge is 2.33. The monoisotopic (exact) mass is 309 g/mol. The molecule has 1 heterocycles. The molecule has 2 nitrogen and oxygen atoms in total. The second-order valence-corrected chi connectivity index (χ2v) is 6.75. The zero-order valence-electron chi connectivity index (χ0n) is 12.8. The zero-order chi connectivity index (χ0) is 15.2. The van der Waals surface area contributed by atoms with Gasteiger partial charge in [-0.25, -0.2) is 4.39 Å². The van der Waals surface area contributed by atoms with E-state index in [4.69, 9.17) is 0 Å². The summed E-state index contributed by atoms with van der Waals surface area (Å²) >= 11 is 1.73. The Kier molecular flexibility index (Phi) is 6.09. The van der Waals surface area contributed by atoms with Crippen molar-refractivity contribution in [2.75, 3.05) is 12.3 Å². The minimum absolute atomic E-state index is 0.0242. The predicted molar refractivity (Wildman–Crippen MR) is 86.6 cm³/mol. The average Bonchev–Trinajstić information content (AvgIpc) is 2.97. The van der Waals surface area contributed by atoms with Crippen LogP contribution >= 0.6 is 11.8 Å². The Morgan fingerprint density at radius 1 is 1.48 bits per heavy atom. The first-order valence-electron chi connectivity index (χ1n) is 7.84. The van der Waals surface area contributed by atoms with E-state index in [0.29, 0.717) is 0 Å². The molecule has 4 heteroatoms. The lowest BCUT2D eigenvalue weighted by Crippen LogP contribution is -2.35. The van der Waals surface area contributed by atoms with Gasteiger partial charge in [-0.05, 0) is 30.5 Å². The molecule has 0 radical (unpaired) electrons. The molecule has 1 fully saturated rings. The third kappa shape index (κ3) is 4.00. The fraction of sp³-hybridized carbons (Fsp3) is 0.588. The number of carbonyl (C=O) groups excluding carboxylic acids is 1. The van der Waals surface area contributed by atoms with Crippen LogP contribution in [0.1, 0.15) is 50.5 Å². The van der Waals surface area contributed by atoms with E-state index in [0.717, 1.165) is 43.5 Å². The third-order valence-electron chi connectivity index (χ3n) is 4.06. The maximum atomic E-state index is 13.4. The van der Waals surface area contributed by atoms with Gasteiger partial charge in [0, 0.05) is 18.2 Å². The van der Waals surface area contributed by atoms with Crippen molar-refractivity contribution in [1.82, 2.24) is 4.90 Å². The molecular formula is C17H24FNOS. The van der Waals surface area contributed by atoms with Crippen LogP contribution in [0.25, 0.3) is 0 Å². The first-order valence-corrected chi connectivity index (χ1v) is 8.89. The summed E-state index contributed by atoms with van der Waals surface area (Å²) in [5.41, 5.74) is 0.899. The van der Waals surface area contributed by atoms with Crippen LogP contribution in [0.2, 0.25) is 0 Å². The minimum atomic E-state index is -0.231. The number of unbranched alkanes of at least 4 members (excludes halogenated alkanes) is 1. The molecule has 21 heavy (non-hydrogen) atoms. The fourth-order valence-electron chi connectivity index (χ4n) is 2.82. The maximum Gasteiger partial charge on any atom is 0.226 e. The number of carbonyl (C=O) groups is 1. The highest BCUT2D eigenvalue weighted by atomic mass is 32.2. The maximum absolute atomic E-state index is 13.4. The molecule has 2 rings (SSSR count). The number of amides is 1. The van der Waals surface area contributed by atoms with Crippen LogP contribution in [0.3, 0.4) is 0 Å². The van der Waals surface area contributed by atoms with Gasteiger partial charge in [0.25, 0.3) is 0 Å². The SMILES string of the molecule is CCCC[C@H](CC)C(=O)N1CCS[C@@H]1c1cccc(F)c1. The van der Waals surface area contributed by atoms with E-state index in [2.05, 4.69) is 13.8 Å². The molecular weight excluding hydrogens is 285 g/mol. The summed E-state index contributed by atoms with van der Waals surface area (Å²) < 4.78 is 13.4. The molecule has 0 saturated carbocycles. The summed E-state index contributed by atoms with van der Waals surface area (Å²) in [5.74, 6) is 1.05. The van der Waals surface area contributed by atoms with Crippen molar-refractivity contribution in [3.8, 4) is 0 Å². The van der Waals surface area contributed by atoms with Crippen LogP contribution in [0, 0.1) is 11.7 Å². The lowest BCUT2D eigenvalue weighted by molar-refractivity contribution is -0.136. The van der Waals surface area contributed by atoms with Gasteiger partial charge in [-0.3, -0.25) is 4.79 Å². The summed E-state index contributed by atoms with van der Waals surface area (Å²) in [6.45, 7) is 5.00. The van der Waals surface area contributed by atoms with Crippen molar-refractivity contribution in [2.45, 2.75) is 44.9 Å². The third-order valence-corrected chi connectivity index (χ3v) is 5.32. The van der Waals surface area contributed by atoms with Crippen molar-refractivity contribution in [1.29, 1.82) is 0 Å². The van der Waals surface area contributed by atoms with Gasteiger partial charge in [0.2, 0.25) is 5.91 Å². The lowest BCUT2D eigenvalue weighted by Gasteiger charge is -2.28. The number of rotatable bonds is 6. The Balaban J connectivity index is 2.12. The van der Waals surface area contributed by atoms with Crippen molar-refractivity contribution in [2.24, 2.45) is 5.92 Å². The second kappa shape index (κ2) is 7.83. The Hall–Kier alpha value is -1.03. The standard InChI is InChI=1S/C17H24FNOS/c1-3-5-7-13(4-2)16(20)19-10-11-21-17(19)14-8-6-9-15(18)12-14/h6,8-9,12-13,17H,3-5,7,10-11H2,1-2H3/t13-,17+/m0/s1. The van der Waals surface area contributed by atoms with Gasteiger partial charge in [0.1, 0.15) is 11.2 Å². The van der Waals surface area contributed by atoms with E-state index in [1.807, 2.05) is 11.0 Å². The van der Waals surface area contributed by atoms with Gasteiger partial charge in [0.15, 0.2) is 0 Å². The summed E-state index contributed by atoms with van der Waals surface area (Å²) in [6, 6.07) is 6.64. The van der Waals surface area contributed by atoms with Gasteiger partial charge < -0.3 is 4.90 Å². The Morgan fingerprint density at radius 3 is 2.95 bits per heavy atom. The highest BCUT2D eigenvalue weighted by molar-refractivity contribution is 7.99. The number of hydrogen-bond donors (Lipinski definition) is 0. The van der Waals surface area contributed by atoms with Crippen molar-refractivity contribution in [3.05, 3.63) is 35.6 Å². The van der Waals surface area contributed by atoms with Crippen molar-refractivity contribution >= 4 is 17.7 Å². The van der Waals surface area contributed by atoms with E-state index in [-0.39, 0.29) is 23.0 Å². The normalized spacial score (nSPS) is 19.8. The van der Waals surface area contributed by atoms with Gasteiger partial charge in [-0.1, -0.05) is 38.8 Å². The summed E-state index contributed by atoms with van der Waals surface area (Å²) in [5, 5.41) is -0.0242. The summed E-state index contributed by atoms with van der Waals surface area (Å²) in [4.78, 5) is 14.7. The first-order chi connectivity index (χ1) is 10.2. The van der Waals surface area contributed by atoms with E-state index in [1.54, 1.807) is 23.9 Å². The fourth-order valence-corrected chi connectivity index (χ4v) is 4.07. The molecule has 1 aromatic carbocycles. The van der Waals surface area contributed by atoms with Crippen LogP contribution < -0.4 is 0 Å². The Bertz CT molecular complexity index is 480. The molecule has 0 N–H and O–H groups in total. The molecule has 0 aliphatic carbocycles. The largest absolute Gasteiger partial charge is 0.325 e. The van der Waals surface area contributed by atoms with Crippen LogP contribution in [0.15, 0.2) is 24.3 Å². The van der Waals surface area contributed by atoms with Gasteiger partial charge >= 0.3 is 0 Å². The van der Waals surface area contributed by atoms with E-state index in [1.165, 1.54) is 6.07 Å². The minimum Gasteiger partial charge on any atom is -0.325 e. The van der Waals surface area contributed by atoms with Gasteiger partial charge in [-0.15, -0.1) is 11.8 Å². The van der Waals surface area contributed by atoms with Crippen LogP contribution in [0.5, 0.6) is 0 Å². The number of thioether (sulfide) groups is 1. The molecule has 1 saturated heterocycles. The number of benzene rings is 1. The number of nitrogens with zero attached hydrogens (tertiary/aromatic N) is 1. The Morgan fingerprint density at radius 2 is 2.29 bits per heavy atom. The van der Waals surface area contributed by atoms with Crippen LogP contribution in [-0.2, 0) is 4.79 Å². The zero-order valence-corrected chi connectivity index (χ0v) is 13.7. The molecule has 2 atom stereocenters. The molecule has 1 aliphatic rings. The summed E-state index contributed by atoms with van der Waals surface area (Å²) in [7, 11) is 0. The lowest BCUT2D eigenvalue weighted by atomic mass is 9.97. The molecule has 1 aliphatic heterocycles. The van der Waals surface area contributed by atoms with Crippen LogP contribution in [-0.4, -0.2) is 23.1 Å². The molecule has 116 valence electrons. The first kappa shape index (κ1) is 16.3. The topological polar surface area (TPSA) is 20.3 Å². The second-order valence-electron chi connectivity index (χ2n) is 5.56. The van der Waals surface area contributed by atoms with E-state index in [9.17, 15) is 9.18 Å². The summed E-state index contributed by atoms with van der Waals surface area (Å²) in [6.07, 6.45) is 4.06. The van der Waals surface area contributed by atoms with Crippen LogP contribution in [0.4, 0.5) is 4.39 Å². The smallest absolute Gasteiger partial charge is 0.226 e. The van der Waals surface area contributed by atoms with Gasteiger partial charge in [0.05, 0.1) is 0 Å². The Labute approximate surface area is 131 Å². The molecule has 0 aromatic heterocycles. The molecule has 0 unspecified atom stereocenters. The molecule has 0 bridgehead atoms. The highest BCUT2D eigenvalue weighted by Crippen LogP contribution is 2.39. The molecule has 0 spiro atoms. The quantitative estimate of drug-likeness (QED) is 0.764. The van der Waals surface area contributed by atoms with Gasteiger partial charge in [-0.2, -0.15) is 0 Å². The molecule has 1 amide bonds. The van der Waals surface area contributed by atoms with Crippen molar-refractivity contribution in [3.63, 3.8) is 0 Å². The van der Waals surface area contributed by atoms with E-state index < -0.39 is 0 Å². The predicted octanol–water partition coefficient (Wildman–Crippen LogP) is 4.62. The number of hydrogen-bond acceptors (Lipinski definition) is 2. The molecule has 1 aromatic rings. The average molecular weight is 309 g/mol. The van der Waals surface area contributed by atoms with Crippen molar-refractivity contribution < 1.29 is 9.18 Å². The number of halogens is 1.